The molecule has 1 aliphatic rings. The average Bonchev–Trinajstić information content (AvgIpc) is 3.41. The molecule has 1 amide bonds. The van der Waals surface area contributed by atoms with Gasteiger partial charge in [-0.2, -0.15) is 0 Å². The molecule has 2 heterocycles. The summed E-state index contributed by atoms with van der Waals surface area (Å²) in [6, 6.07) is 18.5. The minimum absolute atomic E-state index is 0.0427. The van der Waals surface area contributed by atoms with E-state index in [0.717, 1.165) is 0 Å². The number of rotatable bonds is 7. The molecule has 0 spiro atoms. The molecule has 1 atom stereocenters. The number of amides is 1. The van der Waals surface area contributed by atoms with Gasteiger partial charge in [0.25, 0.3) is 5.91 Å². The zero-order valence-electron chi connectivity index (χ0n) is 20.1. The number of Topliss-reactive ketones (excluding diaryl/α,β-unsaturated/α-hetero) is 1. The van der Waals surface area contributed by atoms with E-state index in [1.807, 2.05) is 13.8 Å². The number of phenols is 1. The number of phenolic OH excluding ortho intramolecular Hbond substituents is 1. The van der Waals surface area contributed by atoms with E-state index in [-0.39, 0.29) is 17.1 Å². The lowest BCUT2D eigenvalue weighted by atomic mass is 9.94. The molecule has 0 bridgehead atoms. The van der Waals surface area contributed by atoms with Crippen LogP contribution in [0.4, 0.5) is 5.69 Å². The summed E-state index contributed by atoms with van der Waals surface area (Å²) in [6.07, 6.45) is 0. The first-order chi connectivity index (χ1) is 17.7. The lowest BCUT2D eigenvalue weighted by Crippen LogP contribution is -2.31. The van der Waals surface area contributed by atoms with Crippen LogP contribution in [-0.4, -0.2) is 28.5 Å². The summed E-state index contributed by atoms with van der Waals surface area (Å²) >= 11 is 6.07. The third-order valence-corrected chi connectivity index (χ3v) is 6.27. The quantitative estimate of drug-likeness (QED) is 0.267. The van der Waals surface area contributed by atoms with Crippen molar-refractivity contribution in [1.29, 1.82) is 0 Å². The van der Waals surface area contributed by atoms with E-state index in [1.165, 1.54) is 23.1 Å². The van der Waals surface area contributed by atoms with Gasteiger partial charge in [-0.05, 0) is 72.1 Å². The standard InChI is InChI=1S/C29H24ClNO6/c1-16(2)15-36-22-9-7-20(8-10-22)31-26(17-4-3-5-21(32)13-17)25(28(34)29(31)35)27(33)24-14-18-12-19(30)6-11-23(18)37-24/h3-14,16,26,32,34H,15H2,1-2H3. The Morgan fingerprint density at radius 1 is 1.05 bits per heavy atom. The second-order valence-corrected chi connectivity index (χ2v) is 9.69. The van der Waals surface area contributed by atoms with Gasteiger partial charge in [-0.15, -0.1) is 0 Å². The Labute approximate surface area is 218 Å². The average molecular weight is 518 g/mol. The molecule has 2 N–H and O–H groups in total. The molecule has 7 nitrogen and oxygen atoms in total. The van der Waals surface area contributed by atoms with Gasteiger partial charge in [0.2, 0.25) is 5.78 Å². The molecule has 0 aliphatic carbocycles. The highest BCUT2D eigenvalue weighted by molar-refractivity contribution is 6.31. The molecule has 8 heteroatoms. The van der Waals surface area contributed by atoms with Crippen LogP contribution in [-0.2, 0) is 4.79 Å². The fraction of sp³-hybridized carbons (Fsp3) is 0.172. The van der Waals surface area contributed by atoms with Gasteiger partial charge in [0.05, 0.1) is 18.2 Å². The Bertz CT molecular complexity index is 1540. The molecule has 3 aromatic carbocycles. The molecular formula is C29H24ClNO6. The number of hydrogen-bond donors (Lipinski definition) is 2. The molecular weight excluding hydrogens is 494 g/mol. The highest BCUT2D eigenvalue weighted by Crippen LogP contribution is 2.43. The molecule has 1 aromatic heterocycles. The van der Waals surface area contributed by atoms with E-state index >= 15 is 0 Å². The van der Waals surface area contributed by atoms with Crippen LogP contribution >= 0.6 is 11.6 Å². The molecule has 0 saturated heterocycles. The van der Waals surface area contributed by atoms with Gasteiger partial charge in [0.15, 0.2) is 11.5 Å². The van der Waals surface area contributed by atoms with E-state index in [0.29, 0.717) is 45.5 Å². The lowest BCUT2D eigenvalue weighted by Gasteiger charge is -2.27. The third kappa shape index (κ3) is 4.66. The maximum atomic E-state index is 13.7. The Kier molecular flexibility index (Phi) is 6.39. The maximum Gasteiger partial charge on any atom is 0.294 e. The number of hydrogen-bond acceptors (Lipinski definition) is 6. The van der Waals surface area contributed by atoms with Crippen LogP contribution in [0.5, 0.6) is 11.5 Å². The minimum atomic E-state index is -1.01. The number of anilines is 1. The molecule has 5 rings (SSSR count). The first kappa shape index (κ1) is 24.5. The number of aromatic hydroxyl groups is 1. The normalized spacial score (nSPS) is 15.7. The lowest BCUT2D eigenvalue weighted by molar-refractivity contribution is -0.117. The van der Waals surface area contributed by atoms with E-state index in [2.05, 4.69) is 0 Å². The maximum absolute atomic E-state index is 13.7. The molecule has 0 radical (unpaired) electrons. The van der Waals surface area contributed by atoms with Crippen LogP contribution in [0.2, 0.25) is 5.02 Å². The number of carbonyl (C=O) groups excluding carboxylic acids is 2. The summed E-state index contributed by atoms with van der Waals surface area (Å²) in [7, 11) is 0. The minimum Gasteiger partial charge on any atom is -0.508 e. The monoisotopic (exact) mass is 517 g/mol. The predicted octanol–water partition coefficient (Wildman–Crippen LogP) is 6.61. The Morgan fingerprint density at radius 3 is 2.51 bits per heavy atom. The molecule has 188 valence electrons. The van der Waals surface area contributed by atoms with Crippen LogP contribution in [0.25, 0.3) is 11.0 Å². The van der Waals surface area contributed by atoms with Crippen molar-refractivity contribution in [2.75, 3.05) is 11.5 Å². The zero-order chi connectivity index (χ0) is 26.3. The third-order valence-electron chi connectivity index (χ3n) is 6.04. The van der Waals surface area contributed by atoms with Crippen molar-refractivity contribution in [3.8, 4) is 11.5 Å². The summed E-state index contributed by atoms with van der Waals surface area (Å²) in [5.74, 6) is -1.18. The summed E-state index contributed by atoms with van der Waals surface area (Å²) in [5.41, 5.74) is 1.18. The van der Waals surface area contributed by atoms with Crippen LogP contribution in [0.1, 0.15) is 36.0 Å². The number of ether oxygens (including phenoxy) is 1. The molecule has 1 unspecified atom stereocenters. The molecule has 0 fully saturated rings. The van der Waals surface area contributed by atoms with Crippen molar-refractivity contribution in [1.82, 2.24) is 0 Å². The van der Waals surface area contributed by atoms with Gasteiger partial charge >= 0.3 is 0 Å². The van der Waals surface area contributed by atoms with Crippen molar-refractivity contribution in [3.63, 3.8) is 0 Å². The fourth-order valence-corrected chi connectivity index (χ4v) is 4.52. The van der Waals surface area contributed by atoms with Crippen LogP contribution in [0, 0.1) is 5.92 Å². The van der Waals surface area contributed by atoms with Crippen molar-refractivity contribution < 1.29 is 29.0 Å². The van der Waals surface area contributed by atoms with Gasteiger partial charge in [-0.3, -0.25) is 14.5 Å². The van der Waals surface area contributed by atoms with Gasteiger partial charge in [-0.1, -0.05) is 37.6 Å². The van der Waals surface area contributed by atoms with Crippen LogP contribution in [0.15, 0.2) is 88.5 Å². The number of ketones is 1. The van der Waals surface area contributed by atoms with E-state index < -0.39 is 23.5 Å². The second kappa shape index (κ2) is 9.67. The van der Waals surface area contributed by atoms with Crippen LogP contribution in [0.3, 0.4) is 0 Å². The van der Waals surface area contributed by atoms with Crippen molar-refractivity contribution in [3.05, 3.63) is 100 Å². The summed E-state index contributed by atoms with van der Waals surface area (Å²) in [4.78, 5) is 28.4. The first-order valence-electron chi connectivity index (χ1n) is 11.7. The highest BCUT2D eigenvalue weighted by Gasteiger charge is 2.45. The predicted molar refractivity (Wildman–Crippen MR) is 140 cm³/mol. The van der Waals surface area contributed by atoms with Crippen molar-refractivity contribution in [2.45, 2.75) is 19.9 Å². The number of halogens is 1. The fourth-order valence-electron chi connectivity index (χ4n) is 4.34. The molecule has 37 heavy (non-hydrogen) atoms. The topological polar surface area (TPSA) is 100 Å². The van der Waals surface area contributed by atoms with Crippen molar-refractivity contribution >= 4 is 39.9 Å². The summed E-state index contributed by atoms with van der Waals surface area (Å²) in [6.45, 7) is 4.62. The summed E-state index contributed by atoms with van der Waals surface area (Å²) in [5, 5.41) is 22.2. The number of nitrogens with zero attached hydrogens (tertiary/aromatic N) is 1. The van der Waals surface area contributed by atoms with Gasteiger partial charge < -0.3 is 19.4 Å². The molecule has 4 aromatic rings. The largest absolute Gasteiger partial charge is 0.508 e. The van der Waals surface area contributed by atoms with Crippen molar-refractivity contribution in [2.24, 2.45) is 5.92 Å². The Morgan fingerprint density at radius 2 is 1.81 bits per heavy atom. The molecule has 1 aliphatic heterocycles. The van der Waals surface area contributed by atoms with Crippen LogP contribution < -0.4 is 9.64 Å². The number of furan rings is 1. The van der Waals surface area contributed by atoms with Gasteiger partial charge in [0.1, 0.15) is 17.1 Å². The SMILES string of the molecule is CC(C)COc1ccc(N2C(=O)C(O)=C(C(=O)c3cc4cc(Cl)ccc4o3)C2c2cccc(O)c2)cc1. The zero-order valence-corrected chi connectivity index (χ0v) is 20.9. The van der Waals surface area contributed by atoms with E-state index in [4.69, 9.17) is 20.8 Å². The second-order valence-electron chi connectivity index (χ2n) is 9.26. The summed E-state index contributed by atoms with van der Waals surface area (Å²) < 4.78 is 11.5. The highest BCUT2D eigenvalue weighted by atomic mass is 35.5. The Hall–Kier alpha value is -4.23. The number of fused-ring (bicyclic) bond motifs is 1. The van der Waals surface area contributed by atoms with E-state index in [1.54, 1.807) is 54.6 Å². The Balaban J connectivity index is 1.57. The molecule has 0 saturated carbocycles. The smallest absolute Gasteiger partial charge is 0.294 e. The number of aliphatic hydroxyl groups is 1. The first-order valence-corrected chi connectivity index (χ1v) is 12.1. The van der Waals surface area contributed by atoms with Gasteiger partial charge in [0, 0.05) is 16.1 Å². The number of aliphatic hydroxyl groups excluding tert-OH is 1. The van der Waals surface area contributed by atoms with Gasteiger partial charge in [-0.25, -0.2) is 0 Å². The number of carbonyl (C=O) groups is 2. The van der Waals surface area contributed by atoms with E-state index in [9.17, 15) is 19.8 Å². The number of benzene rings is 3.